The van der Waals surface area contributed by atoms with Gasteiger partial charge < -0.3 is 9.47 Å². The number of hydrogen-bond donors (Lipinski definition) is 0. The van der Waals surface area contributed by atoms with Crippen LogP contribution in [-0.2, 0) is 0 Å². The van der Waals surface area contributed by atoms with Crippen molar-refractivity contribution >= 4 is 11.9 Å². The topological polar surface area (TPSA) is 35.5 Å². The maximum atomic E-state index is 12.2. The molecule has 0 atom stereocenters. The van der Waals surface area contributed by atoms with E-state index < -0.39 is 0 Å². The molecule has 2 aromatic rings. The van der Waals surface area contributed by atoms with Crippen LogP contribution in [-0.4, -0.2) is 19.0 Å². The van der Waals surface area contributed by atoms with Crippen molar-refractivity contribution in [2.75, 3.05) is 13.2 Å². The van der Waals surface area contributed by atoms with Crippen LogP contribution in [0, 0.1) is 6.92 Å². The molecule has 0 saturated carbocycles. The molecule has 0 aliphatic rings. The Kier molecular flexibility index (Phi) is 6.62. The highest BCUT2D eigenvalue weighted by Gasteiger charge is 2.06. The zero-order valence-corrected chi connectivity index (χ0v) is 14.5. The summed E-state index contributed by atoms with van der Waals surface area (Å²) in [5.74, 6) is 1.43. The summed E-state index contributed by atoms with van der Waals surface area (Å²) in [5.41, 5.74) is 2.73. The van der Waals surface area contributed by atoms with E-state index in [1.165, 1.54) is 0 Å². The number of allylic oxidation sites excluding steroid dienone is 1. The molecule has 2 rings (SSSR count). The standard InChI is InChI=1S/C21H24O3/c1-4-14-24-20-13-9-17(15-21(20)23-5-2)8-12-19(22)18-10-6-16(3)7-11-18/h6-13,15H,4-5,14H2,1-3H3/b12-8+. The number of ether oxygens (including phenoxy) is 2. The average molecular weight is 324 g/mol. The van der Waals surface area contributed by atoms with Gasteiger partial charge in [-0.2, -0.15) is 0 Å². The van der Waals surface area contributed by atoms with Gasteiger partial charge in [-0.25, -0.2) is 0 Å². The van der Waals surface area contributed by atoms with Gasteiger partial charge in [-0.1, -0.05) is 48.9 Å². The lowest BCUT2D eigenvalue weighted by Gasteiger charge is -2.12. The molecule has 126 valence electrons. The third-order valence-electron chi connectivity index (χ3n) is 3.49. The molecule has 0 spiro atoms. The first-order chi connectivity index (χ1) is 11.6. The first-order valence-corrected chi connectivity index (χ1v) is 8.32. The summed E-state index contributed by atoms with van der Waals surface area (Å²) in [7, 11) is 0. The second-order valence-corrected chi connectivity index (χ2v) is 5.55. The van der Waals surface area contributed by atoms with Gasteiger partial charge in [-0.15, -0.1) is 0 Å². The Labute approximate surface area is 143 Å². The third-order valence-corrected chi connectivity index (χ3v) is 3.49. The molecule has 3 heteroatoms. The molecule has 0 unspecified atom stereocenters. The van der Waals surface area contributed by atoms with Crippen molar-refractivity contribution in [2.45, 2.75) is 27.2 Å². The van der Waals surface area contributed by atoms with Gasteiger partial charge in [0.25, 0.3) is 0 Å². The Bertz CT molecular complexity index is 700. The molecule has 24 heavy (non-hydrogen) atoms. The summed E-state index contributed by atoms with van der Waals surface area (Å²) in [6.07, 6.45) is 4.33. The molecule has 0 saturated heterocycles. The van der Waals surface area contributed by atoms with Crippen LogP contribution in [0.25, 0.3) is 6.08 Å². The molecule has 0 amide bonds. The van der Waals surface area contributed by atoms with Gasteiger partial charge in [0, 0.05) is 5.56 Å². The van der Waals surface area contributed by atoms with Crippen molar-refractivity contribution in [3.63, 3.8) is 0 Å². The Balaban J connectivity index is 2.14. The van der Waals surface area contributed by atoms with Crippen molar-refractivity contribution in [3.8, 4) is 11.5 Å². The largest absolute Gasteiger partial charge is 0.490 e. The predicted octanol–water partition coefficient (Wildman–Crippen LogP) is 5.08. The SMILES string of the molecule is CCCOc1ccc(/C=C/C(=O)c2ccc(C)cc2)cc1OCC. The van der Waals surface area contributed by atoms with Gasteiger partial charge in [0.05, 0.1) is 13.2 Å². The number of ketones is 1. The van der Waals surface area contributed by atoms with Crippen LogP contribution >= 0.6 is 0 Å². The molecule has 0 aliphatic heterocycles. The van der Waals surface area contributed by atoms with Crippen LogP contribution in [0.5, 0.6) is 11.5 Å². The molecule has 0 N–H and O–H groups in total. The fraction of sp³-hybridized carbons (Fsp3) is 0.286. The highest BCUT2D eigenvalue weighted by molar-refractivity contribution is 6.06. The van der Waals surface area contributed by atoms with Gasteiger partial charge in [-0.05, 0) is 44.0 Å². The summed E-state index contributed by atoms with van der Waals surface area (Å²) < 4.78 is 11.3. The van der Waals surface area contributed by atoms with E-state index in [-0.39, 0.29) is 5.78 Å². The molecule has 0 bridgehead atoms. The van der Waals surface area contributed by atoms with Crippen LogP contribution in [0.3, 0.4) is 0 Å². The van der Waals surface area contributed by atoms with E-state index in [0.717, 1.165) is 23.3 Å². The lowest BCUT2D eigenvalue weighted by atomic mass is 10.1. The van der Waals surface area contributed by atoms with Crippen molar-refractivity contribution in [2.24, 2.45) is 0 Å². The van der Waals surface area contributed by atoms with Gasteiger partial charge in [0.1, 0.15) is 0 Å². The summed E-state index contributed by atoms with van der Waals surface area (Å²) in [6.45, 7) is 7.22. The van der Waals surface area contributed by atoms with Crippen molar-refractivity contribution < 1.29 is 14.3 Å². The summed E-state index contributed by atoms with van der Waals surface area (Å²) in [6, 6.07) is 13.3. The highest BCUT2D eigenvalue weighted by Crippen LogP contribution is 2.29. The number of aryl methyl sites for hydroxylation is 1. The Morgan fingerprint density at radius 3 is 2.42 bits per heavy atom. The second kappa shape index (κ2) is 8.92. The highest BCUT2D eigenvalue weighted by atomic mass is 16.5. The minimum Gasteiger partial charge on any atom is -0.490 e. The normalized spacial score (nSPS) is 10.8. The molecule has 0 heterocycles. The molecular weight excluding hydrogens is 300 g/mol. The van der Waals surface area contributed by atoms with E-state index in [4.69, 9.17) is 9.47 Å². The maximum Gasteiger partial charge on any atom is 0.185 e. The minimum absolute atomic E-state index is 0.0146. The van der Waals surface area contributed by atoms with Gasteiger partial charge in [-0.3, -0.25) is 4.79 Å². The van der Waals surface area contributed by atoms with Crippen LogP contribution in [0.1, 0.15) is 41.8 Å². The molecule has 3 nitrogen and oxygen atoms in total. The molecule has 0 aliphatic carbocycles. The molecule has 2 aromatic carbocycles. The molecular formula is C21H24O3. The Hall–Kier alpha value is -2.55. The van der Waals surface area contributed by atoms with Gasteiger partial charge >= 0.3 is 0 Å². The molecule has 0 fully saturated rings. The second-order valence-electron chi connectivity index (χ2n) is 5.55. The van der Waals surface area contributed by atoms with E-state index in [0.29, 0.717) is 24.5 Å². The Morgan fingerprint density at radius 1 is 1.00 bits per heavy atom. The van der Waals surface area contributed by atoms with Gasteiger partial charge in [0.2, 0.25) is 0 Å². The van der Waals surface area contributed by atoms with E-state index in [9.17, 15) is 4.79 Å². The average Bonchev–Trinajstić information content (AvgIpc) is 2.59. The maximum absolute atomic E-state index is 12.2. The van der Waals surface area contributed by atoms with E-state index in [1.807, 2.05) is 56.3 Å². The van der Waals surface area contributed by atoms with E-state index in [2.05, 4.69) is 6.92 Å². The first kappa shape index (κ1) is 17.8. The number of rotatable bonds is 8. The molecule has 0 radical (unpaired) electrons. The van der Waals surface area contributed by atoms with Crippen molar-refractivity contribution in [3.05, 3.63) is 65.2 Å². The lowest BCUT2D eigenvalue weighted by Crippen LogP contribution is -2.00. The molecule has 0 aromatic heterocycles. The smallest absolute Gasteiger partial charge is 0.185 e. The number of carbonyl (C=O) groups excluding carboxylic acids is 1. The first-order valence-electron chi connectivity index (χ1n) is 8.32. The summed E-state index contributed by atoms with van der Waals surface area (Å²) >= 11 is 0. The summed E-state index contributed by atoms with van der Waals surface area (Å²) in [4.78, 5) is 12.2. The Morgan fingerprint density at radius 2 is 1.75 bits per heavy atom. The van der Waals surface area contributed by atoms with Crippen LogP contribution in [0.2, 0.25) is 0 Å². The minimum atomic E-state index is -0.0146. The lowest BCUT2D eigenvalue weighted by molar-refractivity contribution is 0.104. The van der Waals surface area contributed by atoms with Crippen molar-refractivity contribution in [1.29, 1.82) is 0 Å². The number of benzene rings is 2. The van der Waals surface area contributed by atoms with Crippen LogP contribution < -0.4 is 9.47 Å². The van der Waals surface area contributed by atoms with E-state index >= 15 is 0 Å². The van der Waals surface area contributed by atoms with Crippen molar-refractivity contribution in [1.82, 2.24) is 0 Å². The summed E-state index contributed by atoms with van der Waals surface area (Å²) in [5, 5.41) is 0. The number of carbonyl (C=O) groups is 1. The van der Waals surface area contributed by atoms with Crippen LogP contribution in [0.4, 0.5) is 0 Å². The fourth-order valence-electron chi connectivity index (χ4n) is 2.21. The zero-order valence-electron chi connectivity index (χ0n) is 14.5. The quantitative estimate of drug-likeness (QED) is 0.502. The van der Waals surface area contributed by atoms with E-state index in [1.54, 1.807) is 12.2 Å². The monoisotopic (exact) mass is 324 g/mol. The van der Waals surface area contributed by atoms with Crippen LogP contribution in [0.15, 0.2) is 48.5 Å². The zero-order chi connectivity index (χ0) is 17.4. The number of hydrogen-bond acceptors (Lipinski definition) is 3. The predicted molar refractivity (Wildman–Crippen MR) is 97.9 cm³/mol. The fourth-order valence-corrected chi connectivity index (χ4v) is 2.21. The third kappa shape index (κ3) is 4.98. The van der Waals surface area contributed by atoms with Gasteiger partial charge in [0.15, 0.2) is 17.3 Å².